The SMILES string of the molecule is CCN(CCOC)c1ccccc1/C=C1/C(=O)Nc2cc(-c3cccnc3)ccc21. The largest absolute Gasteiger partial charge is 0.383 e. The molecule has 1 aliphatic rings. The normalized spacial score (nSPS) is 13.9. The number of ether oxygens (including phenoxy) is 1. The van der Waals surface area contributed by atoms with E-state index in [1.807, 2.05) is 60.8 Å². The van der Waals surface area contributed by atoms with E-state index in [0.717, 1.165) is 46.7 Å². The molecule has 1 N–H and O–H groups in total. The first-order valence-electron chi connectivity index (χ1n) is 10.1. The molecule has 0 fully saturated rings. The van der Waals surface area contributed by atoms with Crippen LogP contribution in [0, 0.1) is 0 Å². The Morgan fingerprint density at radius 2 is 1.97 bits per heavy atom. The average molecular weight is 399 g/mol. The Kier molecular flexibility index (Phi) is 5.91. The van der Waals surface area contributed by atoms with E-state index in [-0.39, 0.29) is 5.91 Å². The molecule has 152 valence electrons. The van der Waals surface area contributed by atoms with Gasteiger partial charge in [-0.05, 0) is 42.3 Å². The summed E-state index contributed by atoms with van der Waals surface area (Å²) in [7, 11) is 1.71. The van der Waals surface area contributed by atoms with Gasteiger partial charge in [0.25, 0.3) is 5.91 Å². The van der Waals surface area contributed by atoms with Crippen molar-refractivity contribution in [2.24, 2.45) is 0 Å². The van der Waals surface area contributed by atoms with Crippen LogP contribution in [0.2, 0.25) is 0 Å². The molecule has 0 bridgehead atoms. The summed E-state index contributed by atoms with van der Waals surface area (Å²) < 4.78 is 5.25. The Hall–Kier alpha value is -3.44. The van der Waals surface area contributed by atoms with Crippen molar-refractivity contribution in [3.63, 3.8) is 0 Å². The topological polar surface area (TPSA) is 54.5 Å². The molecule has 0 radical (unpaired) electrons. The first-order valence-corrected chi connectivity index (χ1v) is 10.1. The van der Waals surface area contributed by atoms with E-state index in [0.29, 0.717) is 12.2 Å². The number of pyridine rings is 1. The Bertz CT molecular complexity index is 1080. The van der Waals surface area contributed by atoms with Gasteiger partial charge >= 0.3 is 0 Å². The van der Waals surface area contributed by atoms with Crippen molar-refractivity contribution in [3.05, 3.63) is 78.1 Å². The highest BCUT2D eigenvalue weighted by atomic mass is 16.5. The number of benzene rings is 2. The maximum atomic E-state index is 12.8. The van der Waals surface area contributed by atoms with Crippen LogP contribution in [-0.2, 0) is 9.53 Å². The number of carbonyl (C=O) groups excluding carboxylic acids is 1. The maximum Gasteiger partial charge on any atom is 0.256 e. The van der Waals surface area contributed by atoms with Crippen molar-refractivity contribution < 1.29 is 9.53 Å². The number of carbonyl (C=O) groups is 1. The van der Waals surface area contributed by atoms with Crippen molar-refractivity contribution in [2.75, 3.05) is 37.0 Å². The second-order valence-corrected chi connectivity index (χ2v) is 7.15. The van der Waals surface area contributed by atoms with Gasteiger partial charge in [0.05, 0.1) is 6.61 Å². The molecule has 1 aromatic heterocycles. The van der Waals surface area contributed by atoms with Crippen LogP contribution in [0.5, 0.6) is 0 Å². The highest BCUT2D eigenvalue weighted by Gasteiger charge is 2.25. The molecule has 1 amide bonds. The predicted octanol–water partition coefficient (Wildman–Crippen LogP) is 4.71. The van der Waals surface area contributed by atoms with Crippen LogP contribution in [0.3, 0.4) is 0 Å². The third kappa shape index (κ3) is 3.98. The minimum atomic E-state index is -0.0805. The number of methoxy groups -OCH3 is 1. The van der Waals surface area contributed by atoms with Gasteiger partial charge in [-0.3, -0.25) is 9.78 Å². The van der Waals surface area contributed by atoms with Crippen LogP contribution in [0.4, 0.5) is 11.4 Å². The van der Waals surface area contributed by atoms with Crippen molar-refractivity contribution in [2.45, 2.75) is 6.92 Å². The molecule has 0 spiro atoms. The molecule has 5 heteroatoms. The van der Waals surface area contributed by atoms with Crippen LogP contribution in [-0.4, -0.2) is 37.7 Å². The quantitative estimate of drug-likeness (QED) is 0.585. The van der Waals surface area contributed by atoms with Crippen molar-refractivity contribution in [3.8, 4) is 11.1 Å². The highest BCUT2D eigenvalue weighted by molar-refractivity contribution is 6.35. The number of nitrogens with zero attached hydrogens (tertiary/aromatic N) is 2. The summed E-state index contributed by atoms with van der Waals surface area (Å²) in [5, 5.41) is 3.01. The van der Waals surface area contributed by atoms with E-state index in [1.165, 1.54) is 0 Å². The molecule has 5 nitrogen and oxygen atoms in total. The third-order valence-electron chi connectivity index (χ3n) is 5.32. The van der Waals surface area contributed by atoms with Crippen LogP contribution < -0.4 is 10.2 Å². The monoisotopic (exact) mass is 399 g/mol. The summed E-state index contributed by atoms with van der Waals surface area (Å²) >= 11 is 0. The zero-order chi connectivity index (χ0) is 20.9. The molecule has 2 heterocycles. The van der Waals surface area contributed by atoms with Crippen molar-refractivity contribution in [1.82, 2.24) is 4.98 Å². The summed E-state index contributed by atoms with van der Waals surface area (Å²) in [4.78, 5) is 19.2. The summed E-state index contributed by atoms with van der Waals surface area (Å²) in [5.41, 5.74) is 6.59. The Morgan fingerprint density at radius 3 is 2.73 bits per heavy atom. The molecule has 2 aromatic carbocycles. The van der Waals surface area contributed by atoms with Gasteiger partial charge in [0.15, 0.2) is 0 Å². The zero-order valence-corrected chi connectivity index (χ0v) is 17.3. The predicted molar refractivity (Wildman–Crippen MR) is 122 cm³/mol. The second kappa shape index (κ2) is 8.93. The van der Waals surface area contributed by atoms with Crippen LogP contribution in [0.1, 0.15) is 18.1 Å². The number of hydrogen-bond acceptors (Lipinski definition) is 4. The van der Waals surface area contributed by atoms with Crippen molar-refractivity contribution in [1.29, 1.82) is 0 Å². The molecule has 4 rings (SSSR count). The zero-order valence-electron chi connectivity index (χ0n) is 17.3. The van der Waals surface area contributed by atoms with Gasteiger partial charge in [-0.2, -0.15) is 0 Å². The highest BCUT2D eigenvalue weighted by Crippen LogP contribution is 2.37. The van der Waals surface area contributed by atoms with Crippen molar-refractivity contribution >= 4 is 28.9 Å². The van der Waals surface area contributed by atoms with E-state index >= 15 is 0 Å². The lowest BCUT2D eigenvalue weighted by atomic mass is 9.99. The van der Waals surface area contributed by atoms with Gasteiger partial charge in [0.2, 0.25) is 0 Å². The van der Waals surface area contributed by atoms with E-state index in [9.17, 15) is 4.79 Å². The number of para-hydroxylation sites is 1. The molecule has 0 aliphatic carbocycles. The lowest BCUT2D eigenvalue weighted by Gasteiger charge is -2.24. The van der Waals surface area contributed by atoms with Gasteiger partial charge in [-0.25, -0.2) is 0 Å². The fourth-order valence-corrected chi connectivity index (χ4v) is 3.75. The average Bonchev–Trinajstić information content (AvgIpc) is 3.10. The van der Waals surface area contributed by atoms with Crippen LogP contribution in [0.25, 0.3) is 22.8 Å². The van der Waals surface area contributed by atoms with Gasteiger partial charge < -0.3 is 15.0 Å². The number of fused-ring (bicyclic) bond motifs is 1. The number of rotatable bonds is 7. The van der Waals surface area contributed by atoms with E-state index in [4.69, 9.17) is 4.74 Å². The van der Waals surface area contributed by atoms with Crippen LogP contribution in [0.15, 0.2) is 67.0 Å². The van der Waals surface area contributed by atoms with Gasteiger partial charge in [-0.15, -0.1) is 0 Å². The molecule has 0 saturated heterocycles. The van der Waals surface area contributed by atoms with Gasteiger partial charge in [0, 0.05) is 60.7 Å². The number of aromatic nitrogens is 1. The molecule has 0 atom stereocenters. The number of anilines is 2. The Balaban J connectivity index is 1.71. The molecular formula is C25H25N3O2. The minimum absolute atomic E-state index is 0.0805. The summed E-state index contributed by atoms with van der Waals surface area (Å²) in [6, 6.07) is 18.1. The third-order valence-corrected chi connectivity index (χ3v) is 5.32. The van der Waals surface area contributed by atoms with E-state index in [1.54, 1.807) is 13.3 Å². The Labute approximate surface area is 177 Å². The maximum absolute atomic E-state index is 12.8. The molecule has 30 heavy (non-hydrogen) atoms. The Morgan fingerprint density at radius 1 is 1.10 bits per heavy atom. The number of nitrogens with one attached hydrogen (secondary N) is 1. The smallest absolute Gasteiger partial charge is 0.256 e. The summed E-state index contributed by atoms with van der Waals surface area (Å²) in [6.07, 6.45) is 5.56. The minimum Gasteiger partial charge on any atom is -0.383 e. The first-order chi connectivity index (χ1) is 14.7. The lowest BCUT2D eigenvalue weighted by Crippen LogP contribution is -2.27. The number of hydrogen-bond donors (Lipinski definition) is 1. The number of amides is 1. The van der Waals surface area contributed by atoms with Gasteiger partial charge in [-0.1, -0.05) is 36.4 Å². The first kappa shape index (κ1) is 19.9. The van der Waals surface area contributed by atoms with Gasteiger partial charge in [0.1, 0.15) is 0 Å². The second-order valence-electron chi connectivity index (χ2n) is 7.15. The summed E-state index contributed by atoms with van der Waals surface area (Å²) in [5.74, 6) is -0.0805. The van der Waals surface area contributed by atoms with Crippen LogP contribution >= 0.6 is 0 Å². The lowest BCUT2D eigenvalue weighted by molar-refractivity contribution is -0.110. The van der Waals surface area contributed by atoms with E-state index in [2.05, 4.69) is 28.2 Å². The molecule has 0 unspecified atom stereocenters. The number of likely N-dealkylation sites (N-methyl/N-ethyl adjacent to an activating group) is 1. The molecule has 1 aliphatic heterocycles. The summed E-state index contributed by atoms with van der Waals surface area (Å²) in [6.45, 7) is 4.43. The molecule has 0 saturated carbocycles. The standard InChI is InChI=1S/C25H25N3O2/c1-3-28(13-14-30-2)24-9-5-4-7-19(24)15-22-21-11-10-18(16-23(21)27-25(22)29)20-8-6-12-26-17-20/h4-12,15-17H,3,13-14H2,1-2H3,(H,27,29)/b22-15+. The fourth-order valence-electron chi connectivity index (χ4n) is 3.75. The molecule has 3 aromatic rings. The fraction of sp³-hybridized carbons (Fsp3) is 0.200. The molecular weight excluding hydrogens is 374 g/mol. The van der Waals surface area contributed by atoms with E-state index < -0.39 is 0 Å².